The average molecular weight is 272 g/mol. The van der Waals surface area contributed by atoms with Crippen molar-refractivity contribution in [3.63, 3.8) is 0 Å². The number of hydrogen-bond acceptors (Lipinski definition) is 5. The maximum atomic E-state index is 6.09. The average Bonchev–Trinajstić information content (AvgIpc) is 2.73. The van der Waals surface area contributed by atoms with E-state index in [0.29, 0.717) is 11.4 Å². The van der Waals surface area contributed by atoms with Gasteiger partial charge < -0.3 is 11.5 Å². The molecular formula is C14H20N6. The zero-order chi connectivity index (χ0) is 14.9. The third-order valence-electron chi connectivity index (χ3n) is 3.34. The van der Waals surface area contributed by atoms with Crippen LogP contribution in [0.5, 0.6) is 0 Å². The van der Waals surface area contributed by atoms with Crippen LogP contribution in [0.25, 0.3) is 5.70 Å². The van der Waals surface area contributed by atoms with Crippen molar-refractivity contribution in [1.82, 2.24) is 9.78 Å². The van der Waals surface area contributed by atoms with E-state index in [9.17, 15) is 0 Å². The Hall–Kier alpha value is -2.47. The van der Waals surface area contributed by atoms with Gasteiger partial charge in [-0.1, -0.05) is 6.07 Å². The SMILES string of the molecule is Cc1ccc(N)cc1N(N)/C=C(\N)c1cnn(C)c1C. The van der Waals surface area contributed by atoms with E-state index in [1.54, 1.807) is 17.1 Å². The number of rotatable bonds is 3. The highest BCUT2D eigenvalue weighted by Crippen LogP contribution is 2.22. The summed E-state index contributed by atoms with van der Waals surface area (Å²) in [6.07, 6.45) is 3.40. The normalized spacial score (nSPS) is 11.7. The van der Waals surface area contributed by atoms with Gasteiger partial charge in [-0.2, -0.15) is 5.10 Å². The van der Waals surface area contributed by atoms with Crippen LogP contribution in [0.3, 0.4) is 0 Å². The molecule has 0 aliphatic carbocycles. The van der Waals surface area contributed by atoms with Crippen molar-refractivity contribution in [2.45, 2.75) is 13.8 Å². The van der Waals surface area contributed by atoms with Crippen LogP contribution in [0.2, 0.25) is 0 Å². The minimum Gasteiger partial charge on any atom is -0.399 e. The van der Waals surface area contributed by atoms with Crippen molar-refractivity contribution in [3.8, 4) is 0 Å². The van der Waals surface area contributed by atoms with Crippen LogP contribution in [0.4, 0.5) is 11.4 Å². The summed E-state index contributed by atoms with van der Waals surface area (Å²) in [7, 11) is 1.87. The van der Waals surface area contributed by atoms with Crippen LogP contribution >= 0.6 is 0 Å². The molecule has 0 saturated carbocycles. The van der Waals surface area contributed by atoms with E-state index in [2.05, 4.69) is 5.10 Å². The van der Waals surface area contributed by atoms with E-state index in [0.717, 1.165) is 22.5 Å². The van der Waals surface area contributed by atoms with Gasteiger partial charge in [0.1, 0.15) is 0 Å². The maximum absolute atomic E-state index is 6.09. The highest BCUT2D eigenvalue weighted by atomic mass is 15.4. The number of hydrogen-bond donors (Lipinski definition) is 3. The van der Waals surface area contributed by atoms with Crippen LogP contribution in [-0.2, 0) is 7.05 Å². The minimum atomic E-state index is 0.555. The third-order valence-corrected chi connectivity index (χ3v) is 3.34. The number of nitrogen functional groups attached to an aromatic ring is 1. The van der Waals surface area contributed by atoms with Crippen LogP contribution in [0.1, 0.15) is 16.8 Å². The monoisotopic (exact) mass is 272 g/mol. The van der Waals surface area contributed by atoms with Crippen LogP contribution in [-0.4, -0.2) is 9.78 Å². The lowest BCUT2D eigenvalue weighted by molar-refractivity contribution is 0.739. The summed E-state index contributed by atoms with van der Waals surface area (Å²) in [5, 5.41) is 5.65. The second kappa shape index (κ2) is 5.26. The summed E-state index contributed by atoms with van der Waals surface area (Å²) >= 11 is 0. The van der Waals surface area contributed by atoms with E-state index < -0.39 is 0 Å². The summed E-state index contributed by atoms with van der Waals surface area (Å²) in [5.74, 6) is 6.05. The Morgan fingerprint density at radius 1 is 1.35 bits per heavy atom. The first kappa shape index (κ1) is 14.0. The zero-order valence-electron chi connectivity index (χ0n) is 12.0. The van der Waals surface area contributed by atoms with Gasteiger partial charge in [-0.15, -0.1) is 0 Å². The Morgan fingerprint density at radius 3 is 2.65 bits per heavy atom. The topological polar surface area (TPSA) is 99.1 Å². The molecule has 6 heteroatoms. The minimum absolute atomic E-state index is 0.555. The number of hydrazine groups is 1. The maximum Gasteiger partial charge on any atom is 0.0618 e. The number of aromatic nitrogens is 2. The van der Waals surface area contributed by atoms with Crippen LogP contribution < -0.4 is 22.3 Å². The molecule has 0 spiro atoms. The molecule has 0 amide bonds. The van der Waals surface area contributed by atoms with Crippen LogP contribution in [0, 0.1) is 13.8 Å². The van der Waals surface area contributed by atoms with E-state index in [-0.39, 0.29) is 0 Å². The molecule has 2 rings (SSSR count). The third kappa shape index (κ3) is 2.60. The lowest BCUT2D eigenvalue weighted by Gasteiger charge is -2.18. The van der Waals surface area contributed by atoms with Crippen molar-refractivity contribution in [3.05, 3.63) is 47.4 Å². The van der Waals surface area contributed by atoms with Gasteiger partial charge >= 0.3 is 0 Å². The van der Waals surface area contributed by atoms with E-state index in [1.165, 1.54) is 5.01 Å². The molecule has 106 valence electrons. The van der Waals surface area contributed by atoms with Gasteiger partial charge in [-0.05, 0) is 31.5 Å². The van der Waals surface area contributed by atoms with Crippen LogP contribution in [0.15, 0.2) is 30.6 Å². The Bertz CT molecular complexity index is 656. The van der Waals surface area contributed by atoms with Crippen molar-refractivity contribution >= 4 is 17.1 Å². The summed E-state index contributed by atoms with van der Waals surface area (Å²) in [6.45, 7) is 3.92. The van der Waals surface area contributed by atoms with Gasteiger partial charge in [0.25, 0.3) is 0 Å². The first-order valence-corrected chi connectivity index (χ1v) is 6.26. The van der Waals surface area contributed by atoms with Crippen molar-refractivity contribution in [1.29, 1.82) is 0 Å². The van der Waals surface area contributed by atoms with Gasteiger partial charge in [0.05, 0.1) is 17.6 Å². The largest absolute Gasteiger partial charge is 0.399 e. The van der Waals surface area contributed by atoms with Gasteiger partial charge in [0.2, 0.25) is 0 Å². The Morgan fingerprint density at radius 2 is 2.05 bits per heavy atom. The number of anilines is 2. The molecule has 0 aliphatic rings. The molecule has 1 aromatic heterocycles. The quantitative estimate of drug-likeness (QED) is 0.444. The smallest absolute Gasteiger partial charge is 0.0618 e. The summed E-state index contributed by atoms with van der Waals surface area (Å²) < 4.78 is 1.77. The molecule has 0 aliphatic heterocycles. The lowest BCUT2D eigenvalue weighted by Crippen LogP contribution is -2.26. The highest BCUT2D eigenvalue weighted by Gasteiger charge is 2.09. The Kier molecular flexibility index (Phi) is 3.67. The predicted octanol–water partition coefficient (Wildman–Crippen LogP) is 1.26. The molecule has 6 N–H and O–H groups in total. The fourth-order valence-corrected chi connectivity index (χ4v) is 1.98. The molecule has 0 radical (unpaired) electrons. The first-order chi connectivity index (χ1) is 9.40. The fraction of sp³-hybridized carbons (Fsp3) is 0.214. The standard InChI is InChI=1S/C14H20N6/c1-9-4-5-11(15)6-14(9)20(17)8-13(16)12-7-18-19(3)10(12)2/h4-8H,15-17H2,1-3H3/b13-8-. The van der Waals surface area contributed by atoms with Crippen molar-refractivity contribution in [2.24, 2.45) is 18.6 Å². The summed E-state index contributed by atoms with van der Waals surface area (Å²) in [5.41, 5.74) is 16.8. The van der Waals surface area contributed by atoms with Gasteiger partial charge in [-0.3, -0.25) is 9.69 Å². The summed E-state index contributed by atoms with van der Waals surface area (Å²) in [6, 6.07) is 5.57. The lowest BCUT2D eigenvalue weighted by atomic mass is 10.1. The predicted molar refractivity (Wildman–Crippen MR) is 82.4 cm³/mol. The van der Waals surface area contributed by atoms with Gasteiger partial charge in [-0.25, -0.2) is 5.84 Å². The number of benzene rings is 1. The van der Waals surface area contributed by atoms with Crippen molar-refractivity contribution in [2.75, 3.05) is 10.7 Å². The Balaban J connectivity index is 2.34. The number of nitrogens with zero attached hydrogens (tertiary/aromatic N) is 3. The molecule has 0 atom stereocenters. The molecule has 1 aromatic carbocycles. The fourth-order valence-electron chi connectivity index (χ4n) is 1.98. The zero-order valence-corrected chi connectivity index (χ0v) is 12.0. The Labute approximate surface area is 118 Å². The van der Waals surface area contributed by atoms with E-state index in [4.69, 9.17) is 17.3 Å². The molecular weight excluding hydrogens is 252 g/mol. The second-order valence-corrected chi connectivity index (χ2v) is 4.80. The molecule has 2 aromatic rings. The molecule has 0 unspecified atom stereocenters. The van der Waals surface area contributed by atoms with Gasteiger partial charge in [0, 0.05) is 30.2 Å². The molecule has 0 fully saturated rings. The van der Waals surface area contributed by atoms with Crippen molar-refractivity contribution < 1.29 is 0 Å². The van der Waals surface area contributed by atoms with E-state index >= 15 is 0 Å². The molecule has 1 heterocycles. The molecule has 0 saturated heterocycles. The second-order valence-electron chi connectivity index (χ2n) is 4.80. The molecule has 6 nitrogen and oxygen atoms in total. The molecule has 0 bridgehead atoms. The van der Waals surface area contributed by atoms with Gasteiger partial charge in [0.15, 0.2) is 0 Å². The van der Waals surface area contributed by atoms with E-state index in [1.807, 2.05) is 39.1 Å². The first-order valence-electron chi connectivity index (χ1n) is 6.26. The highest BCUT2D eigenvalue weighted by molar-refractivity contribution is 5.69. The summed E-state index contributed by atoms with van der Waals surface area (Å²) in [4.78, 5) is 0. The number of nitrogens with two attached hydrogens (primary N) is 3. The molecule has 20 heavy (non-hydrogen) atoms. The number of aryl methyl sites for hydroxylation is 2.